The molecule has 0 fully saturated rings. The lowest BCUT2D eigenvalue weighted by Crippen LogP contribution is -2.21. The molecule has 1 aliphatic rings. The minimum absolute atomic E-state index is 0.264. The molecule has 1 aliphatic carbocycles. The fourth-order valence-electron chi connectivity index (χ4n) is 4.11. The molecule has 0 amide bonds. The second-order valence-corrected chi connectivity index (χ2v) is 7.40. The summed E-state index contributed by atoms with van der Waals surface area (Å²) in [4.78, 5) is 8.85. The Morgan fingerprint density at radius 2 is 1.83 bits per heavy atom. The maximum atomic E-state index is 13.4. The van der Waals surface area contributed by atoms with Gasteiger partial charge in [-0.05, 0) is 46.5 Å². The standard InChI is InChI=1S/C24H20FN3O2/c1-30-21-12-16(14-6-8-17(25)9-7-14)10-19-23(21)26-13-27-24(19)28-22-18-5-3-2-4-15(18)11-20(22)29/h2-10,12-13,20,22,29H,11H2,1H3,(H,26,27,28)/t20-,22+/m0/s1. The van der Waals surface area contributed by atoms with E-state index in [4.69, 9.17) is 4.74 Å². The van der Waals surface area contributed by atoms with Crippen molar-refractivity contribution in [2.45, 2.75) is 18.6 Å². The fourth-order valence-corrected chi connectivity index (χ4v) is 4.11. The quantitative estimate of drug-likeness (QED) is 0.527. The molecule has 5 nitrogen and oxygen atoms in total. The van der Waals surface area contributed by atoms with Crippen LogP contribution >= 0.6 is 0 Å². The van der Waals surface area contributed by atoms with Crippen LogP contribution in [0.3, 0.4) is 0 Å². The zero-order chi connectivity index (χ0) is 20.7. The summed E-state index contributed by atoms with van der Waals surface area (Å²) < 4.78 is 18.9. The van der Waals surface area contributed by atoms with E-state index in [1.165, 1.54) is 18.5 Å². The number of fused-ring (bicyclic) bond motifs is 2. The number of aliphatic hydroxyl groups excluding tert-OH is 1. The van der Waals surface area contributed by atoms with Crippen LogP contribution in [0.25, 0.3) is 22.0 Å². The number of nitrogens with zero attached hydrogens (tertiary/aromatic N) is 2. The predicted octanol–water partition coefficient (Wildman–Crippen LogP) is 4.51. The van der Waals surface area contributed by atoms with E-state index in [1.807, 2.05) is 36.4 Å². The first-order chi connectivity index (χ1) is 14.6. The highest BCUT2D eigenvalue weighted by atomic mass is 19.1. The van der Waals surface area contributed by atoms with Gasteiger partial charge in [0.2, 0.25) is 0 Å². The number of nitrogens with one attached hydrogen (secondary N) is 1. The summed E-state index contributed by atoms with van der Waals surface area (Å²) in [6.45, 7) is 0. The lowest BCUT2D eigenvalue weighted by Gasteiger charge is -2.20. The topological polar surface area (TPSA) is 67.3 Å². The van der Waals surface area contributed by atoms with Crippen LogP contribution in [0.4, 0.5) is 10.2 Å². The van der Waals surface area contributed by atoms with Gasteiger partial charge in [0, 0.05) is 11.8 Å². The Labute approximate surface area is 173 Å². The molecule has 0 aliphatic heterocycles. The third kappa shape index (κ3) is 3.15. The summed E-state index contributed by atoms with van der Waals surface area (Å²) in [6.07, 6.45) is 1.54. The van der Waals surface area contributed by atoms with Crippen molar-refractivity contribution in [2.75, 3.05) is 12.4 Å². The minimum atomic E-state index is -0.547. The molecular weight excluding hydrogens is 381 g/mol. The second kappa shape index (κ2) is 7.39. The van der Waals surface area contributed by atoms with Crippen LogP contribution < -0.4 is 10.1 Å². The van der Waals surface area contributed by atoms with Gasteiger partial charge in [0.05, 0.1) is 19.3 Å². The largest absolute Gasteiger partial charge is 0.494 e. The summed E-state index contributed by atoms with van der Waals surface area (Å²) in [6, 6.07) is 17.9. The van der Waals surface area contributed by atoms with E-state index in [1.54, 1.807) is 19.2 Å². The van der Waals surface area contributed by atoms with Crippen molar-refractivity contribution in [3.05, 3.63) is 83.9 Å². The van der Waals surface area contributed by atoms with Crippen LogP contribution in [0.15, 0.2) is 67.0 Å². The third-order valence-electron chi connectivity index (χ3n) is 5.60. The van der Waals surface area contributed by atoms with Crippen molar-refractivity contribution < 1.29 is 14.2 Å². The first-order valence-electron chi connectivity index (χ1n) is 9.75. The summed E-state index contributed by atoms with van der Waals surface area (Å²) in [5, 5.41) is 14.8. The third-order valence-corrected chi connectivity index (χ3v) is 5.60. The molecule has 0 radical (unpaired) electrons. The van der Waals surface area contributed by atoms with Crippen LogP contribution in [-0.2, 0) is 6.42 Å². The number of anilines is 1. The number of hydrogen-bond donors (Lipinski definition) is 2. The Balaban J connectivity index is 1.62. The minimum Gasteiger partial charge on any atom is -0.494 e. The maximum Gasteiger partial charge on any atom is 0.145 e. The summed E-state index contributed by atoms with van der Waals surface area (Å²) in [7, 11) is 1.59. The number of aliphatic hydroxyl groups is 1. The average molecular weight is 401 g/mol. The first kappa shape index (κ1) is 18.5. The molecule has 4 aromatic rings. The van der Waals surface area contributed by atoms with Crippen LogP contribution in [0.5, 0.6) is 5.75 Å². The van der Waals surface area contributed by atoms with Gasteiger partial charge in [-0.1, -0.05) is 36.4 Å². The fraction of sp³-hybridized carbons (Fsp3) is 0.167. The highest BCUT2D eigenvalue weighted by Crippen LogP contribution is 2.38. The molecule has 1 heterocycles. The van der Waals surface area contributed by atoms with Gasteiger partial charge in [0.1, 0.15) is 29.2 Å². The lowest BCUT2D eigenvalue weighted by atomic mass is 10.0. The molecular formula is C24H20FN3O2. The molecule has 6 heteroatoms. The SMILES string of the molecule is COc1cc(-c2ccc(F)cc2)cc2c(N[C@@H]3c4ccccc4C[C@@H]3O)ncnc12. The highest BCUT2D eigenvalue weighted by molar-refractivity contribution is 5.96. The van der Waals surface area contributed by atoms with Crippen molar-refractivity contribution in [1.29, 1.82) is 0 Å². The Morgan fingerprint density at radius 1 is 1.03 bits per heavy atom. The molecule has 3 aromatic carbocycles. The Kier molecular flexibility index (Phi) is 4.56. The van der Waals surface area contributed by atoms with Crippen LogP contribution in [0.1, 0.15) is 17.2 Å². The van der Waals surface area contributed by atoms with Crippen molar-refractivity contribution in [1.82, 2.24) is 9.97 Å². The van der Waals surface area contributed by atoms with Gasteiger partial charge in [-0.25, -0.2) is 14.4 Å². The number of halogens is 1. The van der Waals surface area contributed by atoms with E-state index in [9.17, 15) is 9.50 Å². The molecule has 1 aromatic heterocycles. The summed E-state index contributed by atoms with van der Waals surface area (Å²) in [5.41, 5.74) is 4.59. The van der Waals surface area contributed by atoms with E-state index in [0.717, 1.165) is 27.6 Å². The van der Waals surface area contributed by atoms with E-state index >= 15 is 0 Å². The van der Waals surface area contributed by atoms with Crippen molar-refractivity contribution in [3.8, 4) is 16.9 Å². The molecule has 2 atom stereocenters. The Hall–Kier alpha value is -3.51. The van der Waals surface area contributed by atoms with E-state index in [0.29, 0.717) is 23.5 Å². The van der Waals surface area contributed by atoms with E-state index in [2.05, 4.69) is 15.3 Å². The van der Waals surface area contributed by atoms with E-state index < -0.39 is 6.10 Å². The van der Waals surface area contributed by atoms with Crippen LogP contribution in [0, 0.1) is 5.82 Å². The van der Waals surface area contributed by atoms with Gasteiger partial charge < -0.3 is 15.2 Å². The second-order valence-electron chi connectivity index (χ2n) is 7.40. The molecule has 0 saturated carbocycles. The van der Waals surface area contributed by atoms with Gasteiger partial charge >= 0.3 is 0 Å². The van der Waals surface area contributed by atoms with Crippen molar-refractivity contribution >= 4 is 16.7 Å². The van der Waals surface area contributed by atoms with Crippen LogP contribution in [-0.4, -0.2) is 28.3 Å². The van der Waals surface area contributed by atoms with Gasteiger partial charge in [-0.3, -0.25) is 0 Å². The zero-order valence-electron chi connectivity index (χ0n) is 16.3. The van der Waals surface area contributed by atoms with Gasteiger partial charge in [-0.2, -0.15) is 0 Å². The molecule has 0 saturated heterocycles. The number of aromatic nitrogens is 2. The number of hydrogen-bond acceptors (Lipinski definition) is 5. The number of ether oxygens (including phenoxy) is 1. The summed E-state index contributed by atoms with van der Waals surface area (Å²) >= 11 is 0. The monoisotopic (exact) mass is 401 g/mol. The molecule has 0 bridgehead atoms. The molecule has 0 spiro atoms. The zero-order valence-corrected chi connectivity index (χ0v) is 16.3. The van der Waals surface area contributed by atoms with E-state index in [-0.39, 0.29) is 11.9 Å². The van der Waals surface area contributed by atoms with Crippen molar-refractivity contribution in [2.24, 2.45) is 0 Å². The predicted molar refractivity (Wildman–Crippen MR) is 114 cm³/mol. The van der Waals surface area contributed by atoms with Crippen LogP contribution in [0.2, 0.25) is 0 Å². The number of rotatable bonds is 4. The molecule has 30 heavy (non-hydrogen) atoms. The molecule has 150 valence electrons. The lowest BCUT2D eigenvalue weighted by molar-refractivity contribution is 0.165. The first-order valence-corrected chi connectivity index (χ1v) is 9.75. The highest BCUT2D eigenvalue weighted by Gasteiger charge is 2.31. The van der Waals surface area contributed by atoms with Gasteiger partial charge in [0.25, 0.3) is 0 Å². The maximum absolute atomic E-state index is 13.4. The molecule has 5 rings (SSSR count). The normalized spacial score (nSPS) is 17.7. The Morgan fingerprint density at radius 3 is 2.63 bits per heavy atom. The van der Waals surface area contributed by atoms with Crippen molar-refractivity contribution in [3.63, 3.8) is 0 Å². The molecule has 2 N–H and O–H groups in total. The van der Waals surface area contributed by atoms with Gasteiger partial charge in [-0.15, -0.1) is 0 Å². The number of methoxy groups -OCH3 is 1. The summed E-state index contributed by atoms with van der Waals surface area (Å²) in [5.74, 6) is 0.929. The average Bonchev–Trinajstić information content (AvgIpc) is 3.09. The molecule has 0 unspecified atom stereocenters. The van der Waals surface area contributed by atoms with Gasteiger partial charge in [0.15, 0.2) is 0 Å². The number of benzene rings is 3. The Bertz CT molecular complexity index is 1230. The smallest absolute Gasteiger partial charge is 0.145 e.